The van der Waals surface area contributed by atoms with Gasteiger partial charge in [-0.25, -0.2) is 0 Å². The first-order valence-electron chi connectivity index (χ1n) is 8.26. The maximum Gasteiger partial charge on any atom is 0.320 e. The maximum absolute atomic E-state index is 11.6. The lowest BCUT2D eigenvalue weighted by Crippen LogP contribution is -2.47. The zero-order chi connectivity index (χ0) is 13.5. The van der Waals surface area contributed by atoms with E-state index in [9.17, 15) is 9.90 Å². The summed E-state index contributed by atoms with van der Waals surface area (Å²) >= 11 is 0. The number of hydrogen-bond acceptors (Lipinski definition) is 2. The van der Waals surface area contributed by atoms with Gasteiger partial charge in [0.25, 0.3) is 0 Å². The van der Waals surface area contributed by atoms with Gasteiger partial charge >= 0.3 is 5.97 Å². The molecule has 3 heteroatoms. The zero-order valence-electron chi connectivity index (χ0n) is 12.1. The SMILES string of the molecule is O=C(O)C(NC1CCCCCC1)C1CCCCCC1. The molecule has 2 N–H and O–H groups in total. The van der Waals surface area contributed by atoms with Crippen LogP contribution in [0.1, 0.15) is 77.0 Å². The van der Waals surface area contributed by atoms with Crippen molar-refractivity contribution in [2.24, 2.45) is 5.92 Å². The van der Waals surface area contributed by atoms with Crippen molar-refractivity contribution in [2.45, 2.75) is 89.1 Å². The van der Waals surface area contributed by atoms with Gasteiger partial charge in [-0.1, -0.05) is 51.4 Å². The van der Waals surface area contributed by atoms with Crippen LogP contribution >= 0.6 is 0 Å². The third-order valence-corrected chi connectivity index (χ3v) is 4.91. The first-order chi connectivity index (χ1) is 9.27. The van der Waals surface area contributed by atoms with Gasteiger partial charge in [-0.3, -0.25) is 4.79 Å². The minimum absolute atomic E-state index is 0.304. The molecule has 0 saturated heterocycles. The van der Waals surface area contributed by atoms with E-state index in [1.807, 2.05) is 0 Å². The molecule has 0 spiro atoms. The zero-order valence-corrected chi connectivity index (χ0v) is 12.1. The van der Waals surface area contributed by atoms with E-state index in [0.29, 0.717) is 12.0 Å². The van der Waals surface area contributed by atoms with Crippen LogP contribution in [-0.2, 0) is 4.79 Å². The van der Waals surface area contributed by atoms with Gasteiger partial charge in [0, 0.05) is 6.04 Å². The lowest BCUT2D eigenvalue weighted by molar-refractivity contribution is -0.141. The van der Waals surface area contributed by atoms with Crippen LogP contribution in [0.3, 0.4) is 0 Å². The van der Waals surface area contributed by atoms with E-state index in [4.69, 9.17) is 0 Å². The van der Waals surface area contributed by atoms with Crippen LogP contribution in [0.5, 0.6) is 0 Å². The molecule has 0 aromatic carbocycles. The molecule has 0 amide bonds. The Labute approximate surface area is 117 Å². The topological polar surface area (TPSA) is 49.3 Å². The summed E-state index contributed by atoms with van der Waals surface area (Å²) in [5.74, 6) is -0.278. The molecule has 2 fully saturated rings. The molecular formula is C16H29NO2. The summed E-state index contributed by atoms with van der Waals surface area (Å²) in [5.41, 5.74) is 0. The average Bonchev–Trinajstić information content (AvgIpc) is 2.80. The van der Waals surface area contributed by atoms with E-state index < -0.39 is 5.97 Å². The Morgan fingerprint density at radius 2 is 1.32 bits per heavy atom. The van der Waals surface area contributed by atoms with Crippen molar-refractivity contribution in [2.75, 3.05) is 0 Å². The minimum atomic E-state index is -0.629. The molecule has 19 heavy (non-hydrogen) atoms. The number of carbonyl (C=O) groups is 1. The van der Waals surface area contributed by atoms with Crippen molar-refractivity contribution in [3.63, 3.8) is 0 Å². The van der Waals surface area contributed by atoms with Crippen LogP contribution in [0.25, 0.3) is 0 Å². The highest BCUT2D eigenvalue weighted by atomic mass is 16.4. The fourth-order valence-electron chi connectivity index (χ4n) is 3.75. The summed E-state index contributed by atoms with van der Waals surface area (Å²) in [6.07, 6.45) is 14.7. The molecule has 0 aromatic rings. The number of aliphatic carboxylic acids is 1. The van der Waals surface area contributed by atoms with Gasteiger partial charge in [-0.2, -0.15) is 0 Å². The van der Waals surface area contributed by atoms with Crippen molar-refractivity contribution in [3.8, 4) is 0 Å². The smallest absolute Gasteiger partial charge is 0.320 e. The molecule has 110 valence electrons. The normalized spacial score (nSPS) is 25.5. The molecule has 0 heterocycles. The van der Waals surface area contributed by atoms with Crippen LogP contribution in [-0.4, -0.2) is 23.2 Å². The molecule has 0 bridgehead atoms. The summed E-state index contributed by atoms with van der Waals surface area (Å²) in [7, 11) is 0. The highest BCUT2D eigenvalue weighted by molar-refractivity contribution is 5.73. The van der Waals surface area contributed by atoms with Crippen LogP contribution < -0.4 is 5.32 Å². The Kier molecular flexibility index (Phi) is 6.15. The average molecular weight is 267 g/mol. The highest BCUT2D eigenvalue weighted by Gasteiger charge is 2.30. The van der Waals surface area contributed by atoms with Crippen LogP contribution in [0.4, 0.5) is 0 Å². The van der Waals surface area contributed by atoms with Crippen LogP contribution in [0, 0.1) is 5.92 Å². The van der Waals surface area contributed by atoms with E-state index in [1.165, 1.54) is 51.4 Å². The Bertz CT molecular complexity index is 264. The van der Waals surface area contributed by atoms with Gasteiger partial charge in [0.15, 0.2) is 0 Å². The molecule has 1 unspecified atom stereocenters. The summed E-state index contributed by atoms with van der Waals surface area (Å²) in [5, 5.41) is 13.0. The predicted octanol–water partition coefficient (Wildman–Crippen LogP) is 3.72. The molecule has 0 aromatic heterocycles. The van der Waals surface area contributed by atoms with E-state index in [2.05, 4.69) is 5.32 Å². The Balaban J connectivity index is 1.92. The Hall–Kier alpha value is -0.570. The summed E-state index contributed by atoms with van der Waals surface area (Å²) in [6, 6.07) is 0.132. The second kappa shape index (κ2) is 7.88. The molecule has 0 aliphatic heterocycles. The van der Waals surface area contributed by atoms with Crippen molar-refractivity contribution in [3.05, 3.63) is 0 Å². The molecule has 0 radical (unpaired) electrons. The number of carboxylic acid groups (broad SMARTS) is 1. The van der Waals surface area contributed by atoms with Gasteiger partial charge < -0.3 is 10.4 Å². The largest absolute Gasteiger partial charge is 0.480 e. The van der Waals surface area contributed by atoms with Crippen LogP contribution in [0.2, 0.25) is 0 Å². The fourth-order valence-corrected chi connectivity index (χ4v) is 3.75. The molecule has 2 aliphatic carbocycles. The van der Waals surface area contributed by atoms with Gasteiger partial charge in [-0.05, 0) is 31.6 Å². The van der Waals surface area contributed by atoms with Gasteiger partial charge in [0.2, 0.25) is 0 Å². The monoisotopic (exact) mass is 267 g/mol. The van der Waals surface area contributed by atoms with E-state index in [1.54, 1.807) is 0 Å². The third-order valence-electron chi connectivity index (χ3n) is 4.91. The molecule has 2 rings (SSSR count). The number of rotatable bonds is 4. The van der Waals surface area contributed by atoms with E-state index in [0.717, 1.165) is 25.7 Å². The number of carboxylic acids is 1. The third kappa shape index (κ3) is 4.79. The van der Waals surface area contributed by atoms with E-state index in [-0.39, 0.29) is 6.04 Å². The summed E-state index contributed by atoms with van der Waals surface area (Å²) in [4.78, 5) is 11.6. The van der Waals surface area contributed by atoms with E-state index >= 15 is 0 Å². The molecule has 2 saturated carbocycles. The second-order valence-corrected chi connectivity index (χ2v) is 6.42. The van der Waals surface area contributed by atoms with Crippen LogP contribution in [0.15, 0.2) is 0 Å². The van der Waals surface area contributed by atoms with Gasteiger partial charge in [0.1, 0.15) is 6.04 Å². The maximum atomic E-state index is 11.6. The first kappa shape index (κ1) is 14.8. The number of hydrogen-bond donors (Lipinski definition) is 2. The molecule has 2 aliphatic rings. The predicted molar refractivity (Wildman–Crippen MR) is 77.2 cm³/mol. The summed E-state index contributed by atoms with van der Waals surface area (Å²) < 4.78 is 0. The second-order valence-electron chi connectivity index (χ2n) is 6.42. The van der Waals surface area contributed by atoms with Crippen molar-refractivity contribution in [1.29, 1.82) is 0 Å². The van der Waals surface area contributed by atoms with Gasteiger partial charge in [0.05, 0.1) is 0 Å². The van der Waals surface area contributed by atoms with Crippen molar-refractivity contribution >= 4 is 5.97 Å². The van der Waals surface area contributed by atoms with Crippen molar-refractivity contribution < 1.29 is 9.90 Å². The highest BCUT2D eigenvalue weighted by Crippen LogP contribution is 2.27. The fraction of sp³-hybridized carbons (Fsp3) is 0.938. The lowest BCUT2D eigenvalue weighted by atomic mass is 9.90. The summed E-state index contributed by atoms with van der Waals surface area (Å²) in [6.45, 7) is 0. The lowest BCUT2D eigenvalue weighted by Gasteiger charge is -2.28. The minimum Gasteiger partial charge on any atom is -0.480 e. The molecule has 3 nitrogen and oxygen atoms in total. The quantitative estimate of drug-likeness (QED) is 0.763. The number of nitrogens with one attached hydrogen (secondary N) is 1. The van der Waals surface area contributed by atoms with Crippen molar-refractivity contribution in [1.82, 2.24) is 5.32 Å². The standard InChI is InChI=1S/C16H29NO2/c18-16(19)15(13-9-5-1-2-6-10-13)17-14-11-7-3-4-8-12-14/h13-15,17H,1-12H2,(H,18,19). The Morgan fingerprint density at radius 3 is 1.79 bits per heavy atom. The first-order valence-corrected chi connectivity index (χ1v) is 8.26. The molecular weight excluding hydrogens is 238 g/mol. The van der Waals surface area contributed by atoms with Gasteiger partial charge in [-0.15, -0.1) is 0 Å². The molecule has 1 atom stereocenters. The Morgan fingerprint density at radius 1 is 0.842 bits per heavy atom.